The Balaban J connectivity index is 1.30. The molecule has 0 atom stereocenters. The number of nitrogens with zero attached hydrogens (tertiary/aromatic N) is 3. The average Bonchev–Trinajstić information content (AvgIpc) is 3.37. The molecule has 0 aliphatic carbocycles. The van der Waals surface area contributed by atoms with E-state index in [1.54, 1.807) is 17.0 Å². The molecule has 2 heterocycles. The summed E-state index contributed by atoms with van der Waals surface area (Å²) in [5, 5.41) is 6.80. The highest BCUT2D eigenvalue weighted by atomic mass is 16.5. The van der Waals surface area contributed by atoms with E-state index in [0.29, 0.717) is 30.2 Å². The maximum atomic E-state index is 12.2. The van der Waals surface area contributed by atoms with Crippen molar-refractivity contribution in [2.45, 2.75) is 25.7 Å². The van der Waals surface area contributed by atoms with Gasteiger partial charge in [0.2, 0.25) is 23.5 Å². The van der Waals surface area contributed by atoms with Crippen LogP contribution in [0.1, 0.15) is 25.2 Å². The molecule has 7 heteroatoms. The number of hydrogen-bond donors (Lipinski definition) is 1. The minimum absolute atomic E-state index is 0.135. The van der Waals surface area contributed by atoms with Crippen molar-refractivity contribution in [3.63, 3.8) is 0 Å². The van der Waals surface area contributed by atoms with Crippen molar-refractivity contribution in [1.29, 1.82) is 0 Å². The number of carbonyl (C=O) groups is 2. The minimum Gasteiger partial charge on any atom is -0.339 e. The van der Waals surface area contributed by atoms with Crippen molar-refractivity contribution >= 4 is 23.2 Å². The van der Waals surface area contributed by atoms with Crippen LogP contribution in [-0.2, 0) is 16.0 Å². The van der Waals surface area contributed by atoms with Gasteiger partial charge in [-0.3, -0.25) is 9.59 Å². The van der Waals surface area contributed by atoms with Crippen molar-refractivity contribution in [2.75, 3.05) is 16.8 Å². The first kappa shape index (κ1) is 17.9. The van der Waals surface area contributed by atoms with Gasteiger partial charge < -0.3 is 14.7 Å². The highest BCUT2D eigenvalue weighted by molar-refractivity contribution is 5.96. The second kappa shape index (κ2) is 8.04. The molecule has 4 rings (SSSR count). The summed E-state index contributed by atoms with van der Waals surface area (Å²) < 4.78 is 5.22. The van der Waals surface area contributed by atoms with Crippen LogP contribution in [-0.4, -0.2) is 28.5 Å². The standard InChI is InChI=1S/C21H20N4O3/c26-18(12-13-19-23-21(24-28-19)15-5-2-1-3-6-15)22-16-8-10-17(11-9-16)25-14-4-7-20(25)27/h1-3,5-6,8-11H,4,7,12-14H2,(H,22,26). The van der Waals surface area contributed by atoms with Crippen LogP contribution in [0.5, 0.6) is 0 Å². The molecule has 0 radical (unpaired) electrons. The van der Waals surface area contributed by atoms with Crippen LogP contribution in [0.2, 0.25) is 0 Å². The normalized spacial score (nSPS) is 13.7. The van der Waals surface area contributed by atoms with Gasteiger partial charge in [-0.05, 0) is 30.7 Å². The molecule has 0 unspecified atom stereocenters. The van der Waals surface area contributed by atoms with Gasteiger partial charge in [-0.1, -0.05) is 35.5 Å². The fraction of sp³-hybridized carbons (Fsp3) is 0.238. The topological polar surface area (TPSA) is 88.3 Å². The number of amides is 2. The van der Waals surface area contributed by atoms with E-state index in [1.807, 2.05) is 42.5 Å². The molecular weight excluding hydrogens is 356 g/mol. The monoisotopic (exact) mass is 376 g/mol. The van der Waals surface area contributed by atoms with Gasteiger partial charge in [-0.2, -0.15) is 4.98 Å². The highest BCUT2D eigenvalue weighted by Crippen LogP contribution is 2.23. The maximum Gasteiger partial charge on any atom is 0.227 e. The number of nitrogens with one attached hydrogen (secondary N) is 1. The third kappa shape index (κ3) is 4.09. The second-order valence-electron chi connectivity index (χ2n) is 6.62. The van der Waals surface area contributed by atoms with E-state index in [-0.39, 0.29) is 18.2 Å². The molecule has 0 bridgehead atoms. The number of rotatable bonds is 6. The zero-order valence-corrected chi connectivity index (χ0v) is 15.3. The summed E-state index contributed by atoms with van der Waals surface area (Å²) in [5.74, 6) is 0.954. The molecular formula is C21H20N4O3. The van der Waals surface area contributed by atoms with Crippen LogP contribution >= 0.6 is 0 Å². The van der Waals surface area contributed by atoms with Gasteiger partial charge in [0.05, 0.1) is 0 Å². The van der Waals surface area contributed by atoms with Gasteiger partial charge in [-0.25, -0.2) is 0 Å². The molecule has 7 nitrogen and oxygen atoms in total. The predicted molar refractivity (Wildman–Crippen MR) is 105 cm³/mol. The lowest BCUT2D eigenvalue weighted by molar-refractivity contribution is -0.117. The SMILES string of the molecule is O=C(CCc1nc(-c2ccccc2)no1)Nc1ccc(N2CCCC2=O)cc1. The first-order valence-electron chi connectivity index (χ1n) is 9.27. The fourth-order valence-corrected chi connectivity index (χ4v) is 3.15. The smallest absolute Gasteiger partial charge is 0.227 e. The van der Waals surface area contributed by atoms with Crippen molar-refractivity contribution < 1.29 is 14.1 Å². The van der Waals surface area contributed by atoms with Crippen LogP contribution in [0.25, 0.3) is 11.4 Å². The van der Waals surface area contributed by atoms with Gasteiger partial charge in [0.15, 0.2) is 0 Å². The van der Waals surface area contributed by atoms with Crippen molar-refractivity contribution in [3.8, 4) is 11.4 Å². The Labute approximate surface area is 162 Å². The summed E-state index contributed by atoms with van der Waals surface area (Å²) >= 11 is 0. The molecule has 0 spiro atoms. The highest BCUT2D eigenvalue weighted by Gasteiger charge is 2.21. The Kier molecular flexibility index (Phi) is 5.14. The Morgan fingerprint density at radius 3 is 2.61 bits per heavy atom. The Hall–Kier alpha value is -3.48. The number of aryl methyl sites for hydroxylation is 1. The quantitative estimate of drug-likeness (QED) is 0.712. The van der Waals surface area contributed by atoms with E-state index in [4.69, 9.17) is 4.52 Å². The zero-order chi connectivity index (χ0) is 19.3. The average molecular weight is 376 g/mol. The van der Waals surface area contributed by atoms with E-state index in [9.17, 15) is 9.59 Å². The first-order valence-corrected chi connectivity index (χ1v) is 9.27. The fourth-order valence-electron chi connectivity index (χ4n) is 3.15. The molecule has 2 aromatic carbocycles. The summed E-state index contributed by atoms with van der Waals surface area (Å²) in [6.45, 7) is 0.750. The Morgan fingerprint density at radius 1 is 1.11 bits per heavy atom. The summed E-state index contributed by atoms with van der Waals surface area (Å²) in [7, 11) is 0. The van der Waals surface area contributed by atoms with Crippen LogP contribution in [0.4, 0.5) is 11.4 Å². The summed E-state index contributed by atoms with van der Waals surface area (Å²) in [6, 6.07) is 16.9. The van der Waals surface area contributed by atoms with Gasteiger partial charge in [0, 0.05) is 42.7 Å². The molecule has 28 heavy (non-hydrogen) atoms. The predicted octanol–water partition coefficient (Wildman–Crippen LogP) is 3.43. The van der Waals surface area contributed by atoms with Crippen LogP contribution in [0, 0.1) is 0 Å². The van der Waals surface area contributed by atoms with E-state index < -0.39 is 0 Å². The lowest BCUT2D eigenvalue weighted by Crippen LogP contribution is -2.23. The van der Waals surface area contributed by atoms with Crippen molar-refractivity contribution in [3.05, 3.63) is 60.5 Å². The maximum absolute atomic E-state index is 12.2. The minimum atomic E-state index is -0.135. The van der Waals surface area contributed by atoms with Gasteiger partial charge in [0.1, 0.15) is 0 Å². The number of benzene rings is 2. The third-order valence-corrected chi connectivity index (χ3v) is 4.60. The van der Waals surface area contributed by atoms with E-state index in [0.717, 1.165) is 24.2 Å². The van der Waals surface area contributed by atoms with Gasteiger partial charge in [-0.15, -0.1) is 0 Å². The van der Waals surface area contributed by atoms with Crippen molar-refractivity contribution in [1.82, 2.24) is 10.1 Å². The van der Waals surface area contributed by atoms with Crippen molar-refractivity contribution in [2.24, 2.45) is 0 Å². The number of hydrogen-bond acceptors (Lipinski definition) is 5. The van der Waals surface area contributed by atoms with Gasteiger partial charge in [0.25, 0.3) is 0 Å². The van der Waals surface area contributed by atoms with Crippen LogP contribution in [0.15, 0.2) is 59.1 Å². The molecule has 1 aliphatic rings. The summed E-state index contributed by atoms with van der Waals surface area (Å²) in [5.41, 5.74) is 2.43. The van der Waals surface area contributed by atoms with E-state index in [2.05, 4.69) is 15.5 Å². The molecule has 1 fully saturated rings. The lowest BCUT2D eigenvalue weighted by atomic mass is 10.2. The summed E-state index contributed by atoms with van der Waals surface area (Å²) in [6.07, 6.45) is 2.09. The Morgan fingerprint density at radius 2 is 1.89 bits per heavy atom. The largest absolute Gasteiger partial charge is 0.339 e. The lowest BCUT2D eigenvalue weighted by Gasteiger charge is -2.16. The summed E-state index contributed by atoms with van der Waals surface area (Å²) in [4.78, 5) is 30.1. The molecule has 2 amide bonds. The molecule has 0 saturated carbocycles. The zero-order valence-electron chi connectivity index (χ0n) is 15.3. The van der Waals surface area contributed by atoms with Crippen LogP contribution < -0.4 is 10.2 Å². The number of anilines is 2. The molecule has 1 saturated heterocycles. The molecule has 1 N–H and O–H groups in total. The molecule has 142 valence electrons. The number of carbonyl (C=O) groups excluding carboxylic acids is 2. The molecule has 3 aromatic rings. The number of aromatic nitrogens is 2. The first-order chi connectivity index (χ1) is 13.7. The van der Waals surface area contributed by atoms with E-state index >= 15 is 0 Å². The third-order valence-electron chi connectivity index (χ3n) is 4.60. The molecule has 1 aromatic heterocycles. The Bertz CT molecular complexity index is 967. The van der Waals surface area contributed by atoms with Gasteiger partial charge >= 0.3 is 0 Å². The van der Waals surface area contributed by atoms with Crippen LogP contribution in [0.3, 0.4) is 0 Å². The second-order valence-corrected chi connectivity index (χ2v) is 6.62. The molecule has 1 aliphatic heterocycles. The van der Waals surface area contributed by atoms with E-state index in [1.165, 1.54) is 0 Å².